The van der Waals surface area contributed by atoms with Gasteiger partial charge in [0.1, 0.15) is 43.2 Å². The normalized spacial score (nSPS) is 22.9. The zero-order valence-corrected chi connectivity index (χ0v) is 36.7. The fourth-order valence-electron chi connectivity index (χ4n) is 6.35. The lowest BCUT2D eigenvalue weighted by Gasteiger charge is -2.41. The quantitative estimate of drug-likeness (QED) is 0.0117. The van der Waals surface area contributed by atoms with Crippen LogP contribution in [0.5, 0.6) is 0 Å². The maximum Gasteiger partial charge on any atom is 0.472 e. The maximum atomic E-state index is 12.8. The molecular weight excluding hydrogens is 779 g/mol. The predicted octanol–water partition coefficient (Wildman–Crippen LogP) is 8.16. The predicted molar refractivity (Wildman–Crippen MR) is 230 cm³/mol. The number of carbonyl (C=O) groups is 2. The number of hydrogen-bond acceptors (Lipinski definition) is 12. The third-order valence-corrected chi connectivity index (χ3v) is 10.9. The fraction of sp³-hybridized carbons (Fsp3) is 0.733. The van der Waals surface area contributed by atoms with Gasteiger partial charge in [-0.1, -0.05) is 145 Å². The molecular formula is C45H77O13P. The Kier molecular flexibility index (Phi) is 32.5. The van der Waals surface area contributed by atoms with E-state index in [1.807, 2.05) is 36.5 Å². The SMILES string of the molecule is CC/C=C/C=C/C=C/C=C/CCCCCCCC(=O)O[C@H](COC(=O)CCCCC/C=C/CCCCCCCCCC)COP(=O)(O)OC1C(O)C(O)C(O)[C@@H](O)C1O. The minimum absolute atomic E-state index is 0.0650. The molecule has 0 spiro atoms. The molecule has 13 nitrogen and oxygen atoms in total. The Morgan fingerprint density at radius 3 is 1.54 bits per heavy atom. The minimum atomic E-state index is -5.13. The van der Waals surface area contributed by atoms with Crippen LogP contribution in [-0.2, 0) is 32.7 Å². The van der Waals surface area contributed by atoms with E-state index in [0.717, 1.165) is 64.2 Å². The number of allylic oxidation sites excluding steroid dienone is 10. The van der Waals surface area contributed by atoms with Gasteiger partial charge in [0.05, 0.1) is 6.61 Å². The van der Waals surface area contributed by atoms with E-state index in [2.05, 4.69) is 38.2 Å². The second-order valence-electron chi connectivity index (χ2n) is 15.3. The standard InChI is InChI=1S/C45H77O13P/c1-3-5-7-9-11-13-15-17-19-21-23-25-27-29-31-33-38(46)55-35-37(36-56-59(53,54)58-45-43(51)41(49)40(48)42(50)44(45)52)57-39(47)34-32-30-28-26-24-22-20-18-16-14-12-10-8-6-4-2/h6,8,10,12,14,16,18,20-21,23,37,40-45,48-52H,3-5,7,9,11,13,15,17,19,22,24-36H2,1-2H3,(H,53,54)/b8-6+,12-10+,16-14+,20-18+,23-21+/t37-,40?,41-,42?,43?,44?,45?/m1/s1. The number of aliphatic hydroxyl groups excluding tert-OH is 5. The molecule has 0 heterocycles. The summed E-state index contributed by atoms with van der Waals surface area (Å²) in [6, 6.07) is 0. The summed E-state index contributed by atoms with van der Waals surface area (Å²) in [6.07, 6.45) is 28.5. The van der Waals surface area contributed by atoms with Gasteiger partial charge in [-0.3, -0.25) is 18.6 Å². The van der Waals surface area contributed by atoms with Gasteiger partial charge in [-0.05, 0) is 57.8 Å². The van der Waals surface area contributed by atoms with Crippen LogP contribution in [0.2, 0.25) is 0 Å². The number of phosphoric acid groups is 1. The molecule has 8 atom stereocenters. The van der Waals surface area contributed by atoms with Crippen molar-refractivity contribution in [1.82, 2.24) is 0 Å². The molecule has 59 heavy (non-hydrogen) atoms. The second-order valence-corrected chi connectivity index (χ2v) is 16.7. The Bertz CT molecular complexity index is 1270. The first-order valence-corrected chi connectivity index (χ1v) is 23.6. The highest BCUT2D eigenvalue weighted by atomic mass is 31.2. The van der Waals surface area contributed by atoms with Crippen molar-refractivity contribution >= 4 is 19.8 Å². The zero-order valence-electron chi connectivity index (χ0n) is 35.8. The van der Waals surface area contributed by atoms with Crippen LogP contribution in [0.4, 0.5) is 0 Å². The summed E-state index contributed by atoms with van der Waals surface area (Å²) in [6.45, 7) is 3.11. The Labute approximate surface area is 353 Å². The van der Waals surface area contributed by atoms with Crippen molar-refractivity contribution in [3.8, 4) is 0 Å². The summed E-state index contributed by atoms with van der Waals surface area (Å²) in [5, 5.41) is 50.1. The maximum absolute atomic E-state index is 12.8. The number of hydrogen-bond donors (Lipinski definition) is 6. The van der Waals surface area contributed by atoms with Crippen LogP contribution in [0, 0.1) is 0 Å². The van der Waals surface area contributed by atoms with Crippen LogP contribution in [0.1, 0.15) is 155 Å². The topological polar surface area (TPSA) is 210 Å². The van der Waals surface area contributed by atoms with Crippen molar-refractivity contribution in [3.05, 3.63) is 60.8 Å². The third-order valence-electron chi connectivity index (χ3n) is 9.94. The lowest BCUT2D eigenvalue weighted by Crippen LogP contribution is -2.64. The van der Waals surface area contributed by atoms with Crippen LogP contribution in [0.3, 0.4) is 0 Å². The molecule has 340 valence electrons. The molecule has 0 aliphatic heterocycles. The summed E-state index contributed by atoms with van der Waals surface area (Å²) in [5.74, 6) is -1.15. The van der Waals surface area contributed by atoms with Gasteiger partial charge in [0.15, 0.2) is 6.10 Å². The number of unbranched alkanes of at least 4 members (excludes halogenated alkanes) is 16. The van der Waals surface area contributed by atoms with Crippen molar-refractivity contribution in [2.45, 2.75) is 198 Å². The number of rotatable bonds is 35. The smallest absolute Gasteiger partial charge is 0.462 e. The van der Waals surface area contributed by atoms with E-state index in [4.69, 9.17) is 18.5 Å². The first kappa shape index (κ1) is 54.6. The van der Waals surface area contributed by atoms with E-state index in [1.54, 1.807) is 0 Å². The Morgan fingerprint density at radius 1 is 0.542 bits per heavy atom. The molecule has 0 amide bonds. The van der Waals surface area contributed by atoms with Gasteiger partial charge in [-0.15, -0.1) is 0 Å². The fourth-order valence-corrected chi connectivity index (χ4v) is 7.32. The number of carbonyl (C=O) groups excluding carboxylic acids is 2. The zero-order chi connectivity index (χ0) is 43.6. The molecule has 1 fully saturated rings. The Hall–Kier alpha value is -2.45. The highest BCUT2D eigenvalue weighted by molar-refractivity contribution is 7.47. The summed E-state index contributed by atoms with van der Waals surface area (Å²) in [7, 11) is -5.13. The average molecular weight is 857 g/mol. The number of ether oxygens (including phenoxy) is 2. The van der Waals surface area contributed by atoms with Gasteiger partial charge in [0.25, 0.3) is 0 Å². The van der Waals surface area contributed by atoms with E-state index >= 15 is 0 Å². The number of aliphatic hydroxyl groups is 5. The largest absolute Gasteiger partial charge is 0.472 e. The molecule has 0 aromatic carbocycles. The van der Waals surface area contributed by atoms with Crippen molar-refractivity contribution in [2.24, 2.45) is 0 Å². The van der Waals surface area contributed by atoms with Gasteiger partial charge in [-0.25, -0.2) is 4.57 Å². The van der Waals surface area contributed by atoms with Crippen molar-refractivity contribution in [2.75, 3.05) is 13.2 Å². The molecule has 1 saturated carbocycles. The van der Waals surface area contributed by atoms with Crippen molar-refractivity contribution < 1.29 is 63.1 Å². The molecule has 0 saturated heterocycles. The van der Waals surface area contributed by atoms with Crippen LogP contribution in [-0.4, -0.2) is 98.3 Å². The van der Waals surface area contributed by atoms with E-state index in [-0.39, 0.29) is 12.8 Å². The van der Waals surface area contributed by atoms with Gasteiger partial charge in [0.2, 0.25) is 0 Å². The molecule has 0 radical (unpaired) electrons. The molecule has 1 rings (SSSR count). The third kappa shape index (κ3) is 27.9. The van der Waals surface area contributed by atoms with Crippen LogP contribution >= 0.6 is 7.82 Å². The van der Waals surface area contributed by atoms with Gasteiger partial charge in [0, 0.05) is 12.8 Å². The minimum Gasteiger partial charge on any atom is -0.462 e. The lowest BCUT2D eigenvalue weighted by atomic mass is 9.85. The molecule has 0 bridgehead atoms. The summed E-state index contributed by atoms with van der Waals surface area (Å²) >= 11 is 0. The van der Waals surface area contributed by atoms with Gasteiger partial charge >= 0.3 is 19.8 Å². The van der Waals surface area contributed by atoms with E-state index in [9.17, 15) is 44.6 Å². The van der Waals surface area contributed by atoms with E-state index < -0.39 is 75.7 Å². The summed E-state index contributed by atoms with van der Waals surface area (Å²) in [4.78, 5) is 35.6. The highest BCUT2D eigenvalue weighted by Crippen LogP contribution is 2.47. The molecule has 6 unspecified atom stereocenters. The van der Waals surface area contributed by atoms with Crippen molar-refractivity contribution in [1.29, 1.82) is 0 Å². The Balaban J connectivity index is 2.51. The van der Waals surface area contributed by atoms with Crippen molar-refractivity contribution in [3.63, 3.8) is 0 Å². The summed E-state index contributed by atoms with van der Waals surface area (Å²) < 4.78 is 33.4. The van der Waals surface area contributed by atoms with E-state index in [0.29, 0.717) is 12.8 Å². The molecule has 14 heteroatoms. The van der Waals surface area contributed by atoms with E-state index in [1.165, 1.54) is 51.4 Å². The van der Waals surface area contributed by atoms with Gasteiger partial charge in [-0.2, -0.15) is 0 Å². The Morgan fingerprint density at radius 2 is 0.983 bits per heavy atom. The highest BCUT2D eigenvalue weighted by Gasteiger charge is 2.51. The number of phosphoric ester groups is 1. The second kappa shape index (κ2) is 35.2. The molecule has 0 aromatic rings. The van der Waals surface area contributed by atoms with Crippen LogP contribution in [0.15, 0.2) is 60.8 Å². The lowest BCUT2D eigenvalue weighted by molar-refractivity contribution is -0.220. The van der Waals surface area contributed by atoms with Crippen LogP contribution < -0.4 is 0 Å². The summed E-state index contributed by atoms with van der Waals surface area (Å²) in [5.41, 5.74) is 0. The van der Waals surface area contributed by atoms with Gasteiger partial charge < -0.3 is 39.9 Å². The molecule has 1 aliphatic carbocycles. The monoisotopic (exact) mass is 857 g/mol. The first-order chi connectivity index (χ1) is 28.4. The average Bonchev–Trinajstić information content (AvgIpc) is 3.21. The molecule has 0 aromatic heterocycles. The molecule has 6 N–H and O–H groups in total. The first-order valence-electron chi connectivity index (χ1n) is 22.1. The number of esters is 2. The van der Waals surface area contributed by atoms with Crippen LogP contribution in [0.25, 0.3) is 0 Å². The molecule has 1 aliphatic rings.